The third-order valence-corrected chi connectivity index (χ3v) is 2.49. The number of benzene rings is 1. The van der Waals surface area contributed by atoms with E-state index >= 15 is 0 Å². The number of ether oxygens (including phenoxy) is 1. The van der Waals surface area contributed by atoms with Crippen LogP contribution in [0.4, 0.5) is 0 Å². The molecule has 0 aliphatic carbocycles. The molecule has 0 amide bonds. The van der Waals surface area contributed by atoms with Crippen molar-refractivity contribution in [2.75, 3.05) is 0 Å². The zero-order chi connectivity index (χ0) is 11.4. The van der Waals surface area contributed by atoms with E-state index in [1.54, 1.807) is 12.1 Å². The van der Waals surface area contributed by atoms with E-state index in [-0.39, 0.29) is 4.90 Å². The molecule has 16 heavy (non-hydrogen) atoms. The van der Waals surface area contributed by atoms with Gasteiger partial charge in [-0.1, -0.05) is 18.2 Å². The molecule has 0 aliphatic heterocycles. The quantitative estimate of drug-likeness (QED) is 0.763. The Balaban J connectivity index is 2.14. The summed E-state index contributed by atoms with van der Waals surface area (Å²) in [6.07, 6.45) is 1.25. The normalized spacial score (nSPS) is 12.1. The van der Waals surface area contributed by atoms with Gasteiger partial charge in [0, 0.05) is 17.2 Å². The van der Waals surface area contributed by atoms with Crippen LogP contribution in [0.15, 0.2) is 53.6 Å². The summed E-state index contributed by atoms with van der Waals surface area (Å²) < 4.78 is 26.6. The van der Waals surface area contributed by atoms with Gasteiger partial charge in [-0.25, -0.2) is 4.98 Å². The number of para-hydroxylation sites is 1. The van der Waals surface area contributed by atoms with E-state index in [1.165, 1.54) is 18.3 Å². The summed E-state index contributed by atoms with van der Waals surface area (Å²) >= 11 is -2.25. The van der Waals surface area contributed by atoms with Gasteiger partial charge < -0.3 is 9.29 Å². The molecule has 0 saturated carbocycles. The average molecular weight is 234 g/mol. The highest BCUT2D eigenvalue weighted by Gasteiger charge is 1.98. The Hall–Kier alpha value is -1.72. The standard InChI is InChI=1S/C11H9NO3S/c13-16(14)10-6-7-11(12-8-10)15-9-4-2-1-3-5-9/h1-8H,(H,13,14)/p-1. The molecule has 2 aromatic rings. The first kappa shape index (κ1) is 10.8. The minimum Gasteiger partial charge on any atom is -0.768 e. The Morgan fingerprint density at radius 2 is 1.88 bits per heavy atom. The Labute approximate surface area is 95.2 Å². The van der Waals surface area contributed by atoms with Crippen molar-refractivity contribution in [2.24, 2.45) is 0 Å². The zero-order valence-electron chi connectivity index (χ0n) is 8.20. The monoisotopic (exact) mass is 234 g/mol. The van der Waals surface area contributed by atoms with Gasteiger partial charge in [-0.2, -0.15) is 0 Å². The number of nitrogens with zero attached hydrogens (tertiary/aromatic N) is 1. The molecule has 1 atom stereocenters. The summed E-state index contributed by atoms with van der Waals surface area (Å²) in [4.78, 5) is 4.02. The summed E-state index contributed by atoms with van der Waals surface area (Å²) in [5.41, 5.74) is 0. The molecule has 0 saturated heterocycles. The molecule has 1 aromatic heterocycles. The molecular formula is C11H8NO3S-. The maximum atomic E-state index is 10.6. The minimum absolute atomic E-state index is 0.139. The molecule has 0 N–H and O–H groups in total. The highest BCUT2D eigenvalue weighted by molar-refractivity contribution is 7.79. The van der Waals surface area contributed by atoms with E-state index in [2.05, 4.69) is 4.98 Å². The fourth-order valence-corrected chi connectivity index (χ4v) is 1.45. The second-order valence-corrected chi connectivity index (χ2v) is 3.92. The van der Waals surface area contributed by atoms with Gasteiger partial charge in [0.1, 0.15) is 5.75 Å². The molecule has 1 aromatic carbocycles. The lowest BCUT2D eigenvalue weighted by molar-refractivity contribution is 0.461. The highest BCUT2D eigenvalue weighted by atomic mass is 32.2. The molecule has 0 fully saturated rings. The Bertz CT molecular complexity index is 484. The lowest BCUT2D eigenvalue weighted by Gasteiger charge is -2.06. The van der Waals surface area contributed by atoms with Crippen LogP contribution in [0.2, 0.25) is 0 Å². The van der Waals surface area contributed by atoms with Gasteiger partial charge in [0.15, 0.2) is 0 Å². The first-order valence-corrected chi connectivity index (χ1v) is 5.61. The van der Waals surface area contributed by atoms with E-state index in [1.807, 2.05) is 18.2 Å². The van der Waals surface area contributed by atoms with Crippen LogP contribution >= 0.6 is 0 Å². The van der Waals surface area contributed by atoms with E-state index in [0.717, 1.165) is 0 Å². The molecule has 0 bridgehead atoms. The van der Waals surface area contributed by atoms with Crippen LogP contribution < -0.4 is 4.74 Å². The van der Waals surface area contributed by atoms with Crippen molar-refractivity contribution in [2.45, 2.75) is 4.90 Å². The summed E-state index contributed by atoms with van der Waals surface area (Å²) in [6.45, 7) is 0. The van der Waals surface area contributed by atoms with Gasteiger partial charge in [0.25, 0.3) is 0 Å². The number of hydrogen-bond donors (Lipinski definition) is 0. The first-order chi connectivity index (χ1) is 7.75. The fourth-order valence-electron chi connectivity index (χ4n) is 1.13. The van der Waals surface area contributed by atoms with E-state index in [0.29, 0.717) is 11.6 Å². The SMILES string of the molecule is O=S([O-])c1ccc(Oc2ccccc2)nc1. The van der Waals surface area contributed by atoms with E-state index < -0.39 is 11.1 Å². The molecule has 5 heteroatoms. The highest BCUT2D eigenvalue weighted by Crippen LogP contribution is 2.18. The first-order valence-electron chi connectivity index (χ1n) is 4.54. The zero-order valence-corrected chi connectivity index (χ0v) is 9.02. The van der Waals surface area contributed by atoms with Gasteiger partial charge in [0.05, 0.1) is 0 Å². The van der Waals surface area contributed by atoms with Crippen LogP contribution in [-0.2, 0) is 11.1 Å². The van der Waals surface area contributed by atoms with Crippen LogP contribution in [0.3, 0.4) is 0 Å². The molecule has 4 nitrogen and oxygen atoms in total. The van der Waals surface area contributed by atoms with Crippen molar-refractivity contribution in [1.29, 1.82) is 0 Å². The topological polar surface area (TPSA) is 62.2 Å². The van der Waals surface area contributed by atoms with Gasteiger partial charge in [-0.3, -0.25) is 4.21 Å². The summed E-state index contributed by atoms with van der Waals surface area (Å²) in [7, 11) is 0. The number of pyridine rings is 1. The Kier molecular flexibility index (Phi) is 3.28. The third kappa shape index (κ3) is 2.65. The van der Waals surface area contributed by atoms with Crippen molar-refractivity contribution in [3.8, 4) is 11.6 Å². The van der Waals surface area contributed by atoms with Crippen molar-refractivity contribution in [1.82, 2.24) is 4.98 Å². The summed E-state index contributed by atoms with van der Waals surface area (Å²) in [5.74, 6) is 1.02. The number of rotatable bonds is 3. The van der Waals surface area contributed by atoms with Gasteiger partial charge in [0.2, 0.25) is 5.88 Å². The van der Waals surface area contributed by atoms with E-state index in [9.17, 15) is 8.76 Å². The predicted octanol–water partition coefficient (Wildman–Crippen LogP) is 2.11. The van der Waals surface area contributed by atoms with Crippen molar-refractivity contribution >= 4 is 11.1 Å². The molecule has 0 aliphatic rings. The maximum absolute atomic E-state index is 10.6. The number of hydrogen-bond acceptors (Lipinski definition) is 4. The fraction of sp³-hybridized carbons (Fsp3) is 0. The maximum Gasteiger partial charge on any atom is 0.219 e. The van der Waals surface area contributed by atoms with Crippen LogP contribution in [0.1, 0.15) is 0 Å². The molecule has 82 valence electrons. The van der Waals surface area contributed by atoms with Crippen LogP contribution in [0.5, 0.6) is 11.6 Å². The van der Waals surface area contributed by atoms with Gasteiger partial charge in [-0.05, 0) is 29.3 Å². The van der Waals surface area contributed by atoms with Crippen LogP contribution in [-0.4, -0.2) is 13.7 Å². The Morgan fingerprint density at radius 1 is 1.12 bits per heavy atom. The minimum atomic E-state index is -2.25. The molecular weight excluding hydrogens is 226 g/mol. The largest absolute Gasteiger partial charge is 0.768 e. The van der Waals surface area contributed by atoms with Crippen LogP contribution in [0, 0.1) is 0 Å². The lowest BCUT2D eigenvalue weighted by atomic mass is 10.3. The lowest BCUT2D eigenvalue weighted by Crippen LogP contribution is -1.92. The van der Waals surface area contributed by atoms with Gasteiger partial charge in [-0.15, -0.1) is 0 Å². The molecule has 0 radical (unpaired) electrons. The van der Waals surface area contributed by atoms with Crippen molar-refractivity contribution in [3.63, 3.8) is 0 Å². The second-order valence-electron chi connectivity index (χ2n) is 2.98. The molecule has 1 unspecified atom stereocenters. The summed E-state index contributed by atoms with van der Waals surface area (Å²) in [5, 5.41) is 0. The van der Waals surface area contributed by atoms with Crippen molar-refractivity contribution in [3.05, 3.63) is 48.7 Å². The average Bonchev–Trinajstić information content (AvgIpc) is 2.31. The van der Waals surface area contributed by atoms with Gasteiger partial charge >= 0.3 is 0 Å². The summed E-state index contributed by atoms with van der Waals surface area (Å²) in [6, 6.07) is 12.1. The van der Waals surface area contributed by atoms with E-state index in [4.69, 9.17) is 4.74 Å². The predicted molar refractivity (Wildman–Crippen MR) is 57.9 cm³/mol. The second kappa shape index (κ2) is 4.87. The van der Waals surface area contributed by atoms with Crippen molar-refractivity contribution < 1.29 is 13.5 Å². The third-order valence-electron chi connectivity index (χ3n) is 1.87. The molecule has 1 heterocycles. The van der Waals surface area contributed by atoms with Crippen LogP contribution in [0.25, 0.3) is 0 Å². The molecule has 2 rings (SSSR count). The Morgan fingerprint density at radius 3 is 2.44 bits per heavy atom. The molecule has 0 spiro atoms. The smallest absolute Gasteiger partial charge is 0.219 e. The number of aromatic nitrogens is 1.